The van der Waals surface area contributed by atoms with Crippen LogP contribution in [0.5, 0.6) is 0 Å². The molecule has 2 unspecified atom stereocenters. The van der Waals surface area contributed by atoms with Gasteiger partial charge in [-0.3, -0.25) is 4.79 Å². The molecule has 0 spiro atoms. The first kappa shape index (κ1) is 14.7. The second-order valence-electron chi connectivity index (χ2n) is 4.49. The van der Waals surface area contributed by atoms with Gasteiger partial charge in [0.2, 0.25) is 5.91 Å². The Balaban J connectivity index is 2.18. The van der Waals surface area contributed by atoms with Crippen LogP contribution in [0, 0.1) is 11.7 Å². The minimum Gasteiger partial charge on any atom is -0.379 e. The Kier molecular flexibility index (Phi) is 3.96. The molecule has 110 valence electrons. The Labute approximate surface area is 111 Å². The lowest BCUT2D eigenvalue weighted by atomic mass is 10.0. The van der Waals surface area contributed by atoms with Crippen molar-refractivity contribution in [2.75, 3.05) is 18.5 Å². The summed E-state index contributed by atoms with van der Waals surface area (Å²) in [6.07, 6.45) is -4.61. The third-order valence-electron chi connectivity index (χ3n) is 3.01. The zero-order valence-electron chi connectivity index (χ0n) is 10.2. The number of amides is 1. The van der Waals surface area contributed by atoms with E-state index in [1.54, 1.807) is 0 Å². The molecular formula is C12H12F4N2O2. The molecule has 1 aliphatic heterocycles. The summed E-state index contributed by atoms with van der Waals surface area (Å²) < 4.78 is 56.0. The molecule has 1 aromatic carbocycles. The summed E-state index contributed by atoms with van der Waals surface area (Å²) in [5.41, 5.74) is 4.05. The predicted octanol–water partition coefficient (Wildman–Crippen LogP) is 1.76. The standard InChI is InChI=1S/C12H12F4N2O2/c13-8-2-1-6(12(14,15)16)3-10(8)18-11(19)7-4-20-5-9(7)17/h1-3,7,9H,4-5,17H2,(H,18,19). The number of rotatable bonds is 2. The van der Waals surface area contributed by atoms with E-state index in [1.165, 1.54) is 0 Å². The van der Waals surface area contributed by atoms with Gasteiger partial charge in [-0.2, -0.15) is 13.2 Å². The molecule has 0 aliphatic carbocycles. The lowest BCUT2D eigenvalue weighted by Crippen LogP contribution is -2.37. The molecule has 0 saturated carbocycles. The number of halogens is 4. The largest absolute Gasteiger partial charge is 0.416 e. The maximum atomic E-state index is 13.5. The van der Waals surface area contributed by atoms with Gasteiger partial charge in [0.25, 0.3) is 0 Å². The van der Waals surface area contributed by atoms with Crippen LogP contribution >= 0.6 is 0 Å². The van der Waals surface area contributed by atoms with E-state index in [9.17, 15) is 22.4 Å². The van der Waals surface area contributed by atoms with Crippen molar-refractivity contribution >= 4 is 11.6 Å². The van der Waals surface area contributed by atoms with Crippen molar-refractivity contribution in [3.63, 3.8) is 0 Å². The predicted molar refractivity (Wildman–Crippen MR) is 62.3 cm³/mol. The van der Waals surface area contributed by atoms with E-state index in [4.69, 9.17) is 10.5 Å². The van der Waals surface area contributed by atoms with Gasteiger partial charge in [0.05, 0.1) is 30.4 Å². The fourth-order valence-electron chi connectivity index (χ4n) is 1.86. The Morgan fingerprint density at radius 3 is 2.60 bits per heavy atom. The van der Waals surface area contributed by atoms with Gasteiger partial charge in [0.1, 0.15) is 5.82 Å². The van der Waals surface area contributed by atoms with Gasteiger partial charge in [-0.15, -0.1) is 0 Å². The lowest BCUT2D eigenvalue weighted by molar-refractivity contribution is -0.137. The van der Waals surface area contributed by atoms with E-state index >= 15 is 0 Å². The summed E-state index contributed by atoms with van der Waals surface area (Å²) in [4.78, 5) is 11.8. The second-order valence-corrected chi connectivity index (χ2v) is 4.49. The van der Waals surface area contributed by atoms with Crippen LogP contribution in [0.4, 0.5) is 23.2 Å². The van der Waals surface area contributed by atoms with Crippen LogP contribution in [0.25, 0.3) is 0 Å². The molecule has 4 nitrogen and oxygen atoms in total. The van der Waals surface area contributed by atoms with Crippen molar-refractivity contribution in [3.05, 3.63) is 29.6 Å². The first-order valence-corrected chi connectivity index (χ1v) is 5.80. The number of carbonyl (C=O) groups excluding carboxylic acids is 1. The fourth-order valence-corrected chi connectivity index (χ4v) is 1.86. The molecule has 0 radical (unpaired) electrons. The first-order chi connectivity index (χ1) is 9.29. The highest BCUT2D eigenvalue weighted by Gasteiger charge is 2.33. The number of carbonyl (C=O) groups is 1. The Bertz CT molecular complexity index is 519. The Hall–Kier alpha value is -1.67. The van der Waals surface area contributed by atoms with Crippen LogP contribution in [0.1, 0.15) is 5.56 Å². The maximum Gasteiger partial charge on any atom is 0.416 e. The van der Waals surface area contributed by atoms with E-state index in [2.05, 4.69) is 5.32 Å². The molecule has 1 aromatic rings. The number of alkyl halides is 3. The van der Waals surface area contributed by atoms with E-state index in [0.717, 1.165) is 0 Å². The molecule has 1 saturated heterocycles. The third kappa shape index (κ3) is 3.07. The monoisotopic (exact) mass is 292 g/mol. The van der Waals surface area contributed by atoms with Gasteiger partial charge < -0.3 is 15.8 Å². The van der Waals surface area contributed by atoms with Crippen molar-refractivity contribution < 1.29 is 27.1 Å². The molecule has 1 amide bonds. The minimum absolute atomic E-state index is 0.0631. The number of ether oxygens (including phenoxy) is 1. The van der Waals surface area contributed by atoms with Crippen LogP contribution < -0.4 is 11.1 Å². The van der Waals surface area contributed by atoms with Crippen LogP contribution in [0.15, 0.2) is 18.2 Å². The number of benzene rings is 1. The number of nitrogens with two attached hydrogens (primary N) is 1. The molecule has 20 heavy (non-hydrogen) atoms. The van der Waals surface area contributed by atoms with Gasteiger partial charge >= 0.3 is 6.18 Å². The molecule has 2 atom stereocenters. The van der Waals surface area contributed by atoms with E-state index in [-0.39, 0.29) is 13.2 Å². The number of anilines is 1. The average molecular weight is 292 g/mol. The quantitative estimate of drug-likeness (QED) is 0.816. The number of hydrogen-bond acceptors (Lipinski definition) is 3. The van der Waals surface area contributed by atoms with Crippen molar-refractivity contribution in [2.45, 2.75) is 12.2 Å². The first-order valence-electron chi connectivity index (χ1n) is 5.80. The van der Waals surface area contributed by atoms with Gasteiger partial charge in [-0.1, -0.05) is 0 Å². The minimum atomic E-state index is -4.61. The number of nitrogens with one attached hydrogen (secondary N) is 1. The fraction of sp³-hybridized carbons (Fsp3) is 0.417. The van der Waals surface area contributed by atoms with Gasteiger partial charge in [0, 0.05) is 6.04 Å². The molecule has 1 fully saturated rings. The van der Waals surface area contributed by atoms with E-state index in [0.29, 0.717) is 18.2 Å². The summed E-state index contributed by atoms with van der Waals surface area (Å²) in [7, 11) is 0. The van der Waals surface area contributed by atoms with Crippen molar-refractivity contribution in [3.8, 4) is 0 Å². The van der Waals surface area contributed by atoms with Crippen molar-refractivity contribution in [1.82, 2.24) is 0 Å². The van der Waals surface area contributed by atoms with Gasteiger partial charge in [0.15, 0.2) is 0 Å². The third-order valence-corrected chi connectivity index (χ3v) is 3.01. The normalized spacial score (nSPS) is 22.9. The van der Waals surface area contributed by atoms with Gasteiger partial charge in [-0.05, 0) is 18.2 Å². The van der Waals surface area contributed by atoms with Crippen LogP contribution in [0.2, 0.25) is 0 Å². The second kappa shape index (κ2) is 5.37. The summed E-state index contributed by atoms with van der Waals surface area (Å²) >= 11 is 0. The molecule has 1 aliphatic rings. The zero-order valence-corrected chi connectivity index (χ0v) is 10.2. The highest BCUT2D eigenvalue weighted by molar-refractivity contribution is 5.93. The maximum absolute atomic E-state index is 13.5. The van der Waals surface area contributed by atoms with E-state index in [1.807, 2.05) is 0 Å². The summed E-state index contributed by atoms with van der Waals surface area (Å²) in [5, 5.41) is 2.12. The highest BCUT2D eigenvalue weighted by atomic mass is 19.4. The highest BCUT2D eigenvalue weighted by Crippen LogP contribution is 2.32. The van der Waals surface area contributed by atoms with E-state index < -0.39 is 41.1 Å². The Morgan fingerprint density at radius 2 is 2.05 bits per heavy atom. The molecule has 2 rings (SSSR count). The molecule has 1 heterocycles. The Morgan fingerprint density at radius 1 is 1.35 bits per heavy atom. The molecule has 8 heteroatoms. The summed E-state index contributed by atoms with van der Waals surface area (Å²) in [5.74, 6) is -2.31. The SMILES string of the molecule is NC1COCC1C(=O)Nc1cc(C(F)(F)F)ccc1F. The van der Waals surface area contributed by atoms with Crippen LogP contribution in [-0.2, 0) is 15.7 Å². The topological polar surface area (TPSA) is 64.3 Å². The summed E-state index contributed by atoms with van der Waals surface area (Å²) in [6.45, 7) is 0.247. The molecule has 3 N–H and O–H groups in total. The molecular weight excluding hydrogens is 280 g/mol. The zero-order chi connectivity index (χ0) is 14.9. The van der Waals surface area contributed by atoms with Crippen molar-refractivity contribution in [2.24, 2.45) is 11.7 Å². The smallest absolute Gasteiger partial charge is 0.379 e. The van der Waals surface area contributed by atoms with Crippen molar-refractivity contribution in [1.29, 1.82) is 0 Å². The molecule has 0 aromatic heterocycles. The number of hydrogen-bond donors (Lipinski definition) is 2. The van der Waals surface area contributed by atoms with Crippen LogP contribution in [-0.4, -0.2) is 25.2 Å². The summed E-state index contributed by atoms with van der Waals surface area (Å²) in [6, 6.07) is 1.26. The average Bonchev–Trinajstić information content (AvgIpc) is 2.77. The molecule has 0 bridgehead atoms. The lowest BCUT2D eigenvalue weighted by Gasteiger charge is -2.15. The van der Waals surface area contributed by atoms with Gasteiger partial charge in [-0.25, -0.2) is 4.39 Å². The van der Waals surface area contributed by atoms with Crippen LogP contribution in [0.3, 0.4) is 0 Å².